The summed E-state index contributed by atoms with van der Waals surface area (Å²) in [6.07, 6.45) is 5.08. The fourth-order valence-corrected chi connectivity index (χ4v) is 6.23. The molecule has 0 radical (unpaired) electrons. The van der Waals surface area contributed by atoms with Crippen molar-refractivity contribution in [3.05, 3.63) is 81.5 Å². The first-order chi connectivity index (χ1) is 15.9. The first-order valence-corrected chi connectivity index (χ1v) is 13.8. The SMILES string of the molecule is CCCCc1ccc(NS(=O)(=O)c2ccc(C)c(C(=O)N3CCC[C@@H]3c3cccs3)c2)cc1. The number of sulfonamides is 1. The second-order valence-corrected chi connectivity index (χ2v) is 11.2. The van der Waals surface area contributed by atoms with Crippen LogP contribution in [0.25, 0.3) is 0 Å². The van der Waals surface area contributed by atoms with E-state index >= 15 is 0 Å². The Bertz CT molecular complexity index is 1200. The zero-order chi connectivity index (χ0) is 23.4. The molecule has 5 nitrogen and oxygen atoms in total. The fourth-order valence-electron chi connectivity index (χ4n) is 4.27. The van der Waals surface area contributed by atoms with E-state index in [-0.39, 0.29) is 16.8 Å². The average Bonchev–Trinajstić information content (AvgIpc) is 3.50. The molecule has 1 aliphatic rings. The number of nitrogens with one attached hydrogen (secondary N) is 1. The van der Waals surface area contributed by atoms with Crippen LogP contribution >= 0.6 is 11.3 Å². The molecule has 2 heterocycles. The smallest absolute Gasteiger partial charge is 0.261 e. The molecule has 0 saturated carbocycles. The third kappa shape index (κ3) is 5.31. The first kappa shape index (κ1) is 23.5. The Labute approximate surface area is 200 Å². The molecule has 33 heavy (non-hydrogen) atoms. The van der Waals surface area contributed by atoms with Gasteiger partial charge in [0.15, 0.2) is 0 Å². The highest BCUT2D eigenvalue weighted by molar-refractivity contribution is 7.92. The molecular formula is C26H30N2O3S2. The van der Waals surface area contributed by atoms with Crippen LogP contribution in [-0.4, -0.2) is 25.8 Å². The average molecular weight is 483 g/mol. The van der Waals surface area contributed by atoms with Crippen molar-refractivity contribution in [3.8, 4) is 0 Å². The number of anilines is 1. The lowest BCUT2D eigenvalue weighted by molar-refractivity contribution is 0.0737. The van der Waals surface area contributed by atoms with E-state index in [4.69, 9.17) is 0 Å². The number of unbranched alkanes of at least 4 members (excludes halogenated alkanes) is 1. The summed E-state index contributed by atoms with van der Waals surface area (Å²) in [5.74, 6) is -0.110. The molecule has 1 N–H and O–H groups in total. The molecule has 0 unspecified atom stereocenters. The standard InChI is InChI=1S/C26H30N2O3S2/c1-3-4-7-20-11-13-21(14-12-20)27-33(30,31)22-15-10-19(2)23(18-22)26(29)28-16-5-8-24(28)25-9-6-17-32-25/h6,9-15,17-18,24,27H,3-5,7-8,16H2,1-2H3/t24-/m1/s1. The Balaban J connectivity index is 1.55. The van der Waals surface area contributed by atoms with Crippen molar-refractivity contribution in [2.45, 2.75) is 56.9 Å². The lowest BCUT2D eigenvalue weighted by atomic mass is 10.1. The molecule has 1 amide bonds. The number of carbonyl (C=O) groups excluding carboxylic acids is 1. The van der Waals surface area contributed by atoms with Crippen molar-refractivity contribution in [3.63, 3.8) is 0 Å². The molecule has 1 saturated heterocycles. The van der Waals surface area contributed by atoms with Crippen LogP contribution in [0.4, 0.5) is 5.69 Å². The zero-order valence-corrected chi connectivity index (χ0v) is 20.7. The van der Waals surface area contributed by atoms with E-state index < -0.39 is 10.0 Å². The number of benzene rings is 2. The van der Waals surface area contributed by atoms with E-state index in [9.17, 15) is 13.2 Å². The van der Waals surface area contributed by atoms with E-state index in [0.29, 0.717) is 17.8 Å². The maximum absolute atomic E-state index is 13.4. The minimum absolute atomic E-state index is 0.0570. The van der Waals surface area contributed by atoms with Gasteiger partial charge in [0, 0.05) is 22.7 Å². The number of nitrogens with zero attached hydrogens (tertiary/aromatic N) is 1. The number of hydrogen-bond acceptors (Lipinski definition) is 4. The van der Waals surface area contributed by atoms with Crippen molar-refractivity contribution in [2.75, 3.05) is 11.3 Å². The van der Waals surface area contributed by atoms with Crippen LogP contribution in [-0.2, 0) is 16.4 Å². The Morgan fingerprint density at radius 2 is 1.94 bits per heavy atom. The number of rotatable bonds is 8. The summed E-state index contributed by atoms with van der Waals surface area (Å²) in [7, 11) is -3.81. The van der Waals surface area contributed by atoms with E-state index in [1.165, 1.54) is 16.5 Å². The Morgan fingerprint density at radius 1 is 1.15 bits per heavy atom. The number of hydrogen-bond donors (Lipinski definition) is 1. The summed E-state index contributed by atoms with van der Waals surface area (Å²) in [6, 6.07) is 16.4. The van der Waals surface area contributed by atoms with Crippen LogP contribution in [0.1, 0.15) is 65.0 Å². The first-order valence-electron chi connectivity index (χ1n) is 11.5. The van der Waals surface area contributed by atoms with Gasteiger partial charge in [-0.2, -0.15) is 0 Å². The molecule has 1 aromatic heterocycles. The van der Waals surface area contributed by atoms with Crippen molar-refractivity contribution >= 4 is 33.0 Å². The van der Waals surface area contributed by atoms with Crippen LogP contribution < -0.4 is 4.72 Å². The van der Waals surface area contributed by atoms with Crippen LogP contribution in [0, 0.1) is 6.92 Å². The minimum Gasteiger partial charge on any atom is -0.331 e. The summed E-state index contributed by atoms with van der Waals surface area (Å²) in [6.45, 7) is 4.68. The van der Waals surface area contributed by atoms with Crippen LogP contribution in [0.3, 0.4) is 0 Å². The highest BCUT2D eigenvalue weighted by Gasteiger charge is 2.32. The highest BCUT2D eigenvalue weighted by Crippen LogP contribution is 2.36. The van der Waals surface area contributed by atoms with Gasteiger partial charge < -0.3 is 4.90 Å². The van der Waals surface area contributed by atoms with Gasteiger partial charge in [-0.25, -0.2) is 8.42 Å². The molecule has 7 heteroatoms. The number of aryl methyl sites for hydroxylation is 2. The van der Waals surface area contributed by atoms with Gasteiger partial charge in [-0.15, -0.1) is 11.3 Å². The molecule has 4 rings (SSSR count). The van der Waals surface area contributed by atoms with E-state index in [0.717, 1.165) is 37.7 Å². The molecule has 1 fully saturated rings. The summed E-state index contributed by atoms with van der Waals surface area (Å²) < 4.78 is 28.8. The topological polar surface area (TPSA) is 66.5 Å². The number of thiophene rings is 1. The van der Waals surface area contributed by atoms with Gasteiger partial charge in [-0.1, -0.05) is 37.6 Å². The Morgan fingerprint density at radius 3 is 2.64 bits per heavy atom. The zero-order valence-electron chi connectivity index (χ0n) is 19.1. The lowest BCUT2D eigenvalue weighted by Gasteiger charge is -2.25. The largest absolute Gasteiger partial charge is 0.331 e. The summed E-state index contributed by atoms with van der Waals surface area (Å²) >= 11 is 1.65. The Kier molecular flexibility index (Phi) is 7.20. The number of carbonyl (C=O) groups is 1. The third-order valence-corrected chi connectivity index (χ3v) is 8.51. The van der Waals surface area contributed by atoms with Crippen molar-refractivity contribution in [1.29, 1.82) is 0 Å². The van der Waals surface area contributed by atoms with Gasteiger partial charge in [0.1, 0.15) is 0 Å². The van der Waals surface area contributed by atoms with E-state index in [1.807, 2.05) is 35.4 Å². The van der Waals surface area contributed by atoms with Crippen molar-refractivity contribution in [2.24, 2.45) is 0 Å². The molecule has 1 aliphatic heterocycles. The maximum Gasteiger partial charge on any atom is 0.261 e. The summed E-state index contributed by atoms with van der Waals surface area (Å²) in [4.78, 5) is 16.6. The fraction of sp³-hybridized carbons (Fsp3) is 0.346. The second kappa shape index (κ2) is 10.1. The molecule has 174 valence electrons. The van der Waals surface area contributed by atoms with Crippen LogP contribution in [0.2, 0.25) is 0 Å². The van der Waals surface area contributed by atoms with Gasteiger partial charge in [0.05, 0.1) is 10.9 Å². The van der Waals surface area contributed by atoms with Gasteiger partial charge >= 0.3 is 0 Å². The van der Waals surface area contributed by atoms with Gasteiger partial charge in [0.2, 0.25) is 0 Å². The van der Waals surface area contributed by atoms with Gasteiger partial charge in [0.25, 0.3) is 15.9 Å². The molecule has 0 spiro atoms. The molecule has 0 bridgehead atoms. The van der Waals surface area contributed by atoms with Gasteiger partial charge in [-0.3, -0.25) is 9.52 Å². The minimum atomic E-state index is -3.81. The third-order valence-electron chi connectivity index (χ3n) is 6.16. The quantitative estimate of drug-likeness (QED) is 0.417. The molecule has 1 atom stereocenters. The Hall–Kier alpha value is -2.64. The van der Waals surface area contributed by atoms with E-state index in [2.05, 4.69) is 17.7 Å². The number of likely N-dealkylation sites (tertiary alicyclic amines) is 1. The van der Waals surface area contributed by atoms with Crippen LogP contribution in [0.5, 0.6) is 0 Å². The van der Waals surface area contributed by atoms with Gasteiger partial charge in [-0.05, 0) is 79.4 Å². The van der Waals surface area contributed by atoms with Crippen molar-refractivity contribution < 1.29 is 13.2 Å². The second-order valence-electron chi connectivity index (χ2n) is 8.55. The predicted molar refractivity (Wildman–Crippen MR) is 134 cm³/mol. The molecule has 2 aromatic carbocycles. The molecule has 3 aromatic rings. The summed E-state index contributed by atoms with van der Waals surface area (Å²) in [5, 5.41) is 2.02. The number of amides is 1. The molecular weight excluding hydrogens is 452 g/mol. The molecule has 0 aliphatic carbocycles. The normalized spacial score (nSPS) is 16.2. The van der Waals surface area contributed by atoms with Crippen LogP contribution in [0.15, 0.2) is 64.9 Å². The van der Waals surface area contributed by atoms with Crippen molar-refractivity contribution in [1.82, 2.24) is 4.90 Å². The maximum atomic E-state index is 13.4. The lowest BCUT2D eigenvalue weighted by Crippen LogP contribution is -2.31. The monoisotopic (exact) mass is 482 g/mol. The highest BCUT2D eigenvalue weighted by atomic mass is 32.2. The predicted octanol–water partition coefficient (Wildman–Crippen LogP) is 6.18. The van der Waals surface area contributed by atoms with E-state index in [1.54, 1.807) is 35.6 Å². The summed E-state index contributed by atoms with van der Waals surface area (Å²) in [5.41, 5.74) is 2.92.